The van der Waals surface area contributed by atoms with E-state index in [4.69, 9.17) is 4.74 Å². The monoisotopic (exact) mass is 411 g/mol. The van der Waals surface area contributed by atoms with Crippen LogP contribution in [-0.4, -0.2) is 25.3 Å². The zero-order valence-electron chi connectivity index (χ0n) is 16.9. The van der Waals surface area contributed by atoms with E-state index in [2.05, 4.69) is 0 Å². The molecule has 0 N–H and O–H groups in total. The smallest absolute Gasteiger partial charge is 0.258 e. The number of hydrogen-bond acceptors (Lipinski definition) is 4. The van der Waals surface area contributed by atoms with Crippen molar-refractivity contribution in [3.8, 4) is 16.9 Å². The molecular weight excluding hydrogens is 386 g/mol. The van der Waals surface area contributed by atoms with Crippen LogP contribution in [0.5, 0.6) is 5.75 Å². The Morgan fingerprint density at radius 3 is 2.52 bits per heavy atom. The molecule has 6 heteroatoms. The number of benzene rings is 2. The number of ether oxygens (including phenoxy) is 1. The second kappa shape index (κ2) is 7.34. The van der Waals surface area contributed by atoms with Gasteiger partial charge in [0.25, 0.3) is 5.56 Å². The molecule has 2 aromatic carbocycles. The largest absolute Gasteiger partial charge is 0.493 e. The van der Waals surface area contributed by atoms with E-state index >= 15 is 0 Å². The van der Waals surface area contributed by atoms with Crippen molar-refractivity contribution in [2.75, 3.05) is 12.4 Å². The molecule has 1 heterocycles. The van der Waals surface area contributed by atoms with Gasteiger partial charge in [0.05, 0.1) is 17.3 Å². The highest BCUT2D eigenvalue weighted by atomic mass is 32.2. The van der Waals surface area contributed by atoms with Crippen molar-refractivity contribution < 1.29 is 13.2 Å². The standard InChI is InChI=1S/C23H25NO4S/c1-4-29(26,27)17-8-10-22(28-14-16-6-7-16)20(12-17)21-13-24(3)23(25)18-9-5-15(2)11-19(18)21/h5,8-13,16H,4,6-7,14H2,1-3H3. The lowest BCUT2D eigenvalue weighted by Gasteiger charge is -2.16. The maximum absolute atomic E-state index is 12.6. The Bertz CT molecular complexity index is 1250. The van der Waals surface area contributed by atoms with Gasteiger partial charge in [-0.25, -0.2) is 8.42 Å². The first-order valence-corrected chi connectivity index (χ1v) is 11.6. The van der Waals surface area contributed by atoms with Crippen molar-refractivity contribution in [3.63, 3.8) is 0 Å². The van der Waals surface area contributed by atoms with E-state index in [9.17, 15) is 13.2 Å². The van der Waals surface area contributed by atoms with Crippen LogP contribution in [-0.2, 0) is 16.9 Å². The first-order chi connectivity index (χ1) is 13.8. The van der Waals surface area contributed by atoms with Crippen LogP contribution in [0.4, 0.5) is 0 Å². The predicted octanol–water partition coefficient (Wildman–Crippen LogP) is 4.10. The molecule has 29 heavy (non-hydrogen) atoms. The zero-order chi connectivity index (χ0) is 20.8. The summed E-state index contributed by atoms with van der Waals surface area (Å²) in [5, 5.41) is 1.41. The van der Waals surface area contributed by atoms with Gasteiger partial charge in [-0.3, -0.25) is 4.79 Å². The third-order valence-electron chi connectivity index (χ3n) is 5.49. The maximum Gasteiger partial charge on any atom is 0.258 e. The minimum absolute atomic E-state index is 0.0296. The molecule has 0 spiro atoms. The van der Waals surface area contributed by atoms with Gasteiger partial charge in [-0.2, -0.15) is 0 Å². The van der Waals surface area contributed by atoms with Gasteiger partial charge in [-0.05, 0) is 55.3 Å². The molecule has 0 unspecified atom stereocenters. The van der Waals surface area contributed by atoms with E-state index in [-0.39, 0.29) is 16.2 Å². The molecule has 0 saturated heterocycles. The highest BCUT2D eigenvalue weighted by molar-refractivity contribution is 7.91. The Kier molecular flexibility index (Phi) is 4.99. The summed E-state index contributed by atoms with van der Waals surface area (Å²) < 4.78 is 32.7. The second-order valence-electron chi connectivity index (χ2n) is 7.82. The van der Waals surface area contributed by atoms with Crippen molar-refractivity contribution in [1.29, 1.82) is 0 Å². The summed E-state index contributed by atoms with van der Waals surface area (Å²) >= 11 is 0. The van der Waals surface area contributed by atoms with Crippen LogP contribution in [0.1, 0.15) is 25.3 Å². The van der Waals surface area contributed by atoms with Gasteiger partial charge in [-0.1, -0.05) is 24.6 Å². The second-order valence-corrected chi connectivity index (χ2v) is 10.1. The minimum atomic E-state index is -3.37. The zero-order valence-corrected chi connectivity index (χ0v) is 17.8. The van der Waals surface area contributed by atoms with Crippen molar-refractivity contribution in [2.45, 2.75) is 31.6 Å². The third-order valence-corrected chi connectivity index (χ3v) is 7.22. The number of aromatic nitrogens is 1. The Morgan fingerprint density at radius 1 is 1.07 bits per heavy atom. The van der Waals surface area contributed by atoms with E-state index in [0.717, 1.165) is 16.5 Å². The van der Waals surface area contributed by atoms with E-state index in [1.807, 2.05) is 25.1 Å². The molecule has 1 aliphatic carbocycles. The van der Waals surface area contributed by atoms with Crippen molar-refractivity contribution in [3.05, 3.63) is 58.5 Å². The van der Waals surface area contributed by atoms with Gasteiger partial charge >= 0.3 is 0 Å². The topological polar surface area (TPSA) is 65.4 Å². The van der Waals surface area contributed by atoms with Crippen LogP contribution in [0.2, 0.25) is 0 Å². The summed E-state index contributed by atoms with van der Waals surface area (Å²) in [6, 6.07) is 10.7. The predicted molar refractivity (Wildman–Crippen MR) is 115 cm³/mol. The summed E-state index contributed by atoms with van der Waals surface area (Å²) in [5.41, 5.74) is 2.45. The van der Waals surface area contributed by atoms with Gasteiger partial charge < -0.3 is 9.30 Å². The first kappa shape index (κ1) is 19.7. The lowest BCUT2D eigenvalue weighted by Crippen LogP contribution is -2.17. The highest BCUT2D eigenvalue weighted by Crippen LogP contribution is 2.38. The molecule has 0 radical (unpaired) electrons. The molecule has 4 rings (SSSR count). The number of nitrogens with zero attached hydrogens (tertiary/aromatic N) is 1. The fourth-order valence-corrected chi connectivity index (χ4v) is 4.40. The van der Waals surface area contributed by atoms with Crippen LogP contribution >= 0.6 is 0 Å². The third kappa shape index (κ3) is 3.81. The van der Waals surface area contributed by atoms with Gasteiger partial charge in [0.1, 0.15) is 5.75 Å². The molecule has 0 aliphatic heterocycles. The fraction of sp³-hybridized carbons (Fsp3) is 0.348. The molecule has 3 aromatic rings. The van der Waals surface area contributed by atoms with Gasteiger partial charge in [0, 0.05) is 29.8 Å². The Morgan fingerprint density at radius 2 is 1.83 bits per heavy atom. The van der Waals surface area contributed by atoms with Gasteiger partial charge in [-0.15, -0.1) is 0 Å². The van der Waals surface area contributed by atoms with E-state index in [0.29, 0.717) is 29.2 Å². The number of hydrogen-bond donors (Lipinski definition) is 0. The van der Waals surface area contributed by atoms with Crippen LogP contribution < -0.4 is 10.3 Å². The summed E-state index contributed by atoms with van der Waals surface area (Å²) in [4.78, 5) is 12.9. The average Bonchev–Trinajstić information content (AvgIpc) is 3.53. The minimum Gasteiger partial charge on any atom is -0.493 e. The van der Waals surface area contributed by atoms with Crippen LogP contribution in [0.25, 0.3) is 21.9 Å². The van der Waals surface area contributed by atoms with Crippen LogP contribution in [0.15, 0.2) is 52.3 Å². The quantitative estimate of drug-likeness (QED) is 0.613. The highest BCUT2D eigenvalue weighted by Gasteiger charge is 2.24. The maximum atomic E-state index is 12.6. The number of aryl methyl sites for hydroxylation is 2. The normalized spacial score (nSPS) is 14.3. The van der Waals surface area contributed by atoms with E-state index in [1.54, 1.807) is 42.9 Å². The number of fused-ring (bicyclic) bond motifs is 1. The SMILES string of the molecule is CCS(=O)(=O)c1ccc(OCC2CC2)c(-c2cn(C)c(=O)c3ccc(C)cc23)c1. The number of sulfone groups is 1. The fourth-order valence-electron chi connectivity index (χ4n) is 3.49. The van der Waals surface area contributed by atoms with E-state index in [1.165, 1.54) is 12.8 Å². The van der Waals surface area contributed by atoms with E-state index < -0.39 is 9.84 Å². The first-order valence-electron chi connectivity index (χ1n) is 9.90. The molecule has 1 fully saturated rings. The molecule has 1 saturated carbocycles. The lowest BCUT2D eigenvalue weighted by atomic mass is 9.98. The molecule has 0 atom stereocenters. The van der Waals surface area contributed by atoms with Crippen LogP contribution in [0, 0.1) is 12.8 Å². The Labute approximate surface area is 170 Å². The Hall–Kier alpha value is -2.60. The number of pyridine rings is 1. The van der Waals surface area contributed by atoms with Gasteiger partial charge in [0.2, 0.25) is 0 Å². The van der Waals surface area contributed by atoms with Crippen molar-refractivity contribution >= 4 is 20.6 Å². The van der Waals surface area contributed by atoms with Crippen molar-refractivity contribution in [1.82, 2.24) is 4.57 Å². The summed E-state index contributed by atoms with van der Waals surface area (Å²) in [6.45, 7) is 4.23. The van der Waals surface area contributed by atoms with Gasteiger partial charge in [0.15, 0.2) is 9.84 Å². The number of rotatable bonds is 6. The summed E-state index contributed by atoms with van der Waals surface area (Å²) in [7, 11) is -1.66. The molecule has 1 aliphatic rings. The molecule has 0 bridgehead atoms. The molecule has 1 aromatic heterocycles. The lowest BCUT2D eigenvalue weighted by molar-refractivity contribution is 0.301. The van der Waals surface area contributed by atoms with Crippen LogP contribution in [0.3, 0.4) is 0 Å². The van der Waals surface area contributed by atoms with Crippen molar-refractivity contribution in [2.24, 2.45) is 13.0 Å². The molecule has 152 valence electrons. The average molecular weight is 412 g/mol. The summed E-state index contributed by atoms with van der Waals surface area (Å²) in [5.74, 6) is 1.25. The molecular formula is C23H25NO4S. The summed E-state index contributed by atoms with van der Waals surface area (Å²) in [6.07, 6.45) is 4.10. The molecule has 0 amide bonds. The molecule has 5 nitrogen and oxygen atoms in total. The Balaban J connectivity index is 1.99.